The van der Waals surface area contributed by atoms with Gasteiger partial charge < -0.3 is 10.2 Å². The smallest absolute Gasteiger partial charge is 0.118 e. The molecule has 2 nitrogen and oxygen atoms in total. The first-order valence-electron chi connectivity index (χ1n) is 7.96. The van der Waals surface area contributed by atoms with Crippen LogP contribution < -0.4 is 0 Å². The Labute approximate surface area is 132 Å². The quantitative estimate of drug-likeness (QED) is 0.722. The van der Waals surface area contributed by atoms with Crippen molar-refractivity contribution in [2.45, 2.75) is 39.5 Å². The fourth-order valence-electron chi connectivity index (χ4n) is 2.55. The van der Waals surface area contributed by atoms with E-state index in [2.05, 4.69) is 13.8 Å². The number of aryl methyl sites for hydroxylation is 2. The second-order valence-electron chi connectivity index (χ2n) is 5.61. The number of phenolic OH excluding ortho intramolecular Hbond substituents is 2. The van der Waals surface area contributed by atoms with Crippen LogP contribution >= 0.6 is 0 Å². The average molecular weight is 296 g/mol. The Morgan fingerprint density at radius 3 is 1.50 bits per heavy atom. The van der Waals surface area contributed by atoms with Crippen LogP contribution in [0.15, 0.2) is 36.4 Å². The number of phenols is 2. The highest BCUT2D eigenvalue weighted by Crippen LogP contribution is 2.23. The van der Waals surface area contributed by atoms with Crippen LogP contribution in [0.4, 0.5) is 0 Å². The molecule has 0 aliphatic rings. The molecule has 2 N–H and O–H groups in total. The summed E-state index contributed by atoms with van der Waals surface area (Å²) in [4.78, 5) is 0. The number of benzene rings is 2. The summed E-state index contributed by atoms with van der Waals surface area (Å²) >= 11 is 0. The second-order valence-corrected chi connectivity index (χ2v) is 5.61. The molecule has 0 bridgehead atoms. The van der Waals surface area contributed by atoms with Crippen LogP contribution in [0.25, 0.3) is 12.2 Å². The molecule has 0 unspecified atom stereocenters. The van der Waals surface area contributed by atoms with Crippen LogP contribution in [0.3, 0.4) is 0 Å². The second kappa shape index (κ2) is 7.69. The summed E-state index contributed by atoms with van der Waals surface area (Å²) in [5.74, 6) is 0.739. The minimum absolute atomic E-state index is 0.369. The summed E-state index contributed by atoms with van der Waals surface area (Å²) in [5, 5.41) is 19.7. The Morgan fingerprint density at radius 1 is 0.727 bits per heavy atom. The van der Waals surface area contributed by atoms with Gasteiger partial charge in [-0.2, -0.15) is 0 Å². The first-order chi connectivity index (χ1) is 10.6. The topological polar surface area (TPSA) is 40.5 Å². The number of hydrogen-bond acceptors (Lipinski definition) is 2. The zero-order chi connectivity index (χ0) is 15.9. The number of hydrogen-bond donors (Lipinski definition) is 2. The highest BCUT2D eigenvalue weighted by Gasteiger charge is 2.02. The van der Waals surface area contributed by atoms with Gasteiger partial charge in [-0.05, 0) is 59.4 Å². The van der Waals surface area contributed by atoms with E-state index in [1.54, 1.807) is 12.1 Å². The summed E-state index contributed by atoms with van der Waals surface area (Å²) < 4.78 is 0. The average Bonchev–Trinajstić information content (AvgIpc) is 2.51. The first kappa shape index (κ1) is 16.2. The van der Waals surface area contributed by atoms with E-state index in [4.69, 9.17) is 0 Å². The van der Waals surface area contributed by atoms with Gasteiger partial charge in [-0.1, -0.05) is 51.0 Å². The van der Waals surface area contributed by atoms with Crippen molar-refractivity contribution in [1.82, 2.24) is 0 Å². The number of rotatable bonds is 6. The highest BCUT2D eigenvalue weighted by atomic mass is 16.3. The Hall–Kier alpha value is -2.22. The lowest BCUT2D eigenvalue weighted by Crippen LogP contribution is -1.86. The van der Waals surface area contributed by atoms with Crippen LogP contribution in [-0.4, -0.2) is 10.2 Å². The van der Waals surface area contributed by atoms with Gasteiger partial charge >= 0.3 is 0 Å². The van der Waals surface area contributed by atoms with Crippen LogP contribution in [0.5, 0.6) is 11.5 Å². The van der Waals surface area contributed by atoms with Gasteiger partial charge in [0.1, 0.15) is 11.5 Å². The van der Waals surface area contributed by atoms with Crippen molar-refractivity contribution in [2.24, 2.45) is 0 Å². The molecule has 0 heterocycles. The van der Waals surface area contributed by atoms with Crippen molar-refractivity contribution >= 4 is 12.2 Å². The molecule has 2 heteroatoms. The molecule has 0 aliphatic heterocycles. The summed E-state index contributed by atoms with van der Waals surface area (Å²) in [7, 11) is 0. The number of aromatic hydroxyl groups is 2. The lowest BCUT2D eigenvalue weighted by Gasteiger charge is -2.05. The van der Waals surface area contributed by atoms with Gasteiger partial charge in [0, 0.05) is 0 Å². The molecule has 0 amide bonds. The normalized spacial score (nSPS) is 11.2. The van der Waals surface area contributed by atoms with Gasteiger partial charge in [0.25, 0.3) is 0 Å². The van der Waals surface area contributed by atoms with Gasteiger partial charge in [0.2, 0.25) is 0 Å². The maximum absolute atomic E-state index is 9.83. The zero-order valence-corrected chi connectivity index (χ0v) is 13.3. The van der Waals surface area contributed by atoms with Gasteiger partial charge in [0.05, 0.1) is 0 Å². The van der Waals surface area contributed by atoms with E-state index in [-0.39, 0.29) is 0 Å². The van der Waals surface area contributed by atoms with E-state index < -0.39 is 0 Å². The zero-order valence-electron chi connectivity index (χ0n) is 13.3. The molecular formula is C20H24O2. The van der Waals surface area contributed by atoms with E-state index in [1.807, 2.05) is 36.4 Å². The third kappa shape index (κ3) is 4.14. The van der Waals surface area contributed by atoms with Crippen molar-refractivity contribution in [3.63, 3.8) is 0 Å². The summed E-state index contributed by atoms with van der Waals surface area (Å²) in [5.41, 5.74) is 4.13. The van der Waals surface area contributed by atoms with Gasteiger partial charge in [-0.3, -0.25) is 0 Å². The lowest BCUT2D eigenvalue weighted by molar-refractivity contribution is 0.467. The standard InChI is InChI=1S/C20H24O2/c1-3-5-17-13-15(9-11-19(17)21)7-8-16-10-12-20(22)18(14-16)6-4-2/h7-14,21-22H,3-6H2,1-2H3. The minimum Gasteiger partial charge on any atom is -0.508 e. The van der Waals surface area contributed by atoms with Crippen molar-refractivity contribution in [3.05, 3.63) is 58.7 Å². The maximum Gasteiger partial charge on any atom is 0.118 e. The fourth-order valence-corrected chi connectivity index (χ4v) is 2.55. The van der Waals surface area contributed by atoms with Crippen LogP contribution in [0, 0.1) is 0 Å². The van der Waals surface area contributed by atoms with Crippen LogP contribution in [0.1, 0.15) is 48.9 Å². The molecule has 116 valence electrons. The lowest BCUT2D eigenvalue weighted by atomic mass is 10.0. The van der Waals surface area contributed by atoms with E-state index in [0.29, 0.717) is 11.5 Å². The molecule has 0 spiro atoms. The van der Waals surface area contributed by atoms with Gasteiger partial charge in [-0.25, -0.2) is 0 Å². The molecule has 0 aliphatic carbocycles. The first-order valence-corrected chi connectivity index (χ1v) is 7.96. The highest BCUT2D eigenvalue weighted by molar-refractivity contribution is 5.71. The van der Waals surface area contributed by atoms with Crippen molar-refractivity contribution in [3.8, 4) is 11.5 Å². The summed E-state index contributed by atoms with van der Waals surface area (Å²) in [6, 6.07) is 11.4. The van der Waals surface area contributed by atoms with E-state index in [9.17, 15) is 10.2 Å². The van der Waals surface area contributed by atoms with Crippen LogP contribution in [0.2, 0.25) is 0 Å². The van der Waals surface area contributed by atoms with Gasteiger partial charge in [0.15, 0.2) is 0 Å². The molecular weight excluding hydrogens is 272 g/mol. The molecule has 2 aromatic rings. The van der Waals surface area contributed by atoms with E-state index in [0.717, 1.165) is 47.9 Å². The molecule has 0 saturated heterocycles. The Balaban J connectivity index is 2.21. The maximum atomic E-state index is 9.83. The fraction of sp³-hybridized carbons (Fsp3) is 0.300. The SMILES string of the molecule is CCCc1cc(C=Cc2ccc(O)c(CCC)c2)ccc1O. The Morgan fingerprint density at radius 2 is 1.14 bits per heavy atom. The summed E-state index contributed by atoms with van der Waals surface area (Å²) in [6.45, 7) is 4.21. The molecule has 0 atom stereocenters. The molecule has 0 radical (unpaired) electrons. The monoisotopic (exact) mass is 296 g/mol. The van der Waals surface area contributed by atoms with Crippen LogP contribution in [-0.2, 0) is 12.8 Å². The molecule has 2 rings (SSSR count). The predicted octanol–water partition coefficient (Wildman–Crippen LogP) is 5.17. The predicted molar refractivity (Wildman–Crippen MR) is 93.1 cm³/mol. The molecule has 0 aromatic heterocycles. The molecule has 0 saturated carbocycles. The Bertz CT molecular complexity index is 599. The third-order valence-electron chi connectivity index (χ3n) is 3.71. The van der Waals surface area contributed by atoms with E-state index in [1.165, 1.54) is 0 Å². The molecule has 2 aromatic carbocycles. The molecule has 22 heavy (non-hydrogen) atoms. The van der Waals surface area contributed by atoms with Crippen molar-refractivity contribution < 1.29 is 10.2 Å². The van der Waals surface area contributed by atoms with Crippen molar-refractivity contribution in [1.29, 1.82) is 0 Å². The van der Waals surface area contributed by atoms with E-state index >= 15 is 0 Å². The largest absolute Gasteiger partial charge is 0.508 e. The van der Waals surface area contributed by atoms with Gasteiger partial charge in [-0.15, -0.1) is 0 Å². The minimum atomic E-state index is 0.369. The summed E-state index contributed by atoms with van der Waals surface area (Å²) in [6.07, 6.45) is 7.88. The van der Waals surface area contributed by atoms with Crippen molar-refractivity contribution in [2.75, 3.05) is 0 Å². The Kier molecular flexibility index (Phi) is 5.65. The third-order valence-corrected chi connectivity index (χ3v) is 3.71. The molecule has 0 fully saturated rings.